The zero-order valence-electron chi connectivity index (χ0n) is 20.8. The Morgan fingerprint density at radius 3 is 2.40 bits per heavy atom. The summed E-state index contributed by atoms with van der Waals surface area (Å²) in [6, 6.07) is 6.26. The molecule has 1 aromatic rings. The number of ether oxygens (including phenoxy) is 1. The van der Waals surface area contributed by atoms with Crippen LogP contribution in [0.2, 0.25) is 0 Å². The van der Waals surface area contributed by atoms with Crippen LogP contribution in [-0.4, -0.2) is 70.7 Å². The molecule has 3 atom stereocenters. The summed E-state index contributed by atoms with van der Waals surface area (Å²) in [7, 11) is 0. The number of amides is 3. The van der Waals surface area contributed by atoms with E-state index in [0.717, 1.165) is 5.56 Å². The summed E-state index contributed by atoms with van der Waals surface area (Å²) >= 11 is 0. The molecule has 0 bridgehead atoms. The Hall–Kier alpha value is -3.14. The first-order valence-corrected chi connectivity index (χ1v) is 12.1. The first-order chi connectivity index (χ1) is 16.5. The number of nitrogens with two attached hydrogens (primary N) is 1. The van der Waals surface area contributed by atoms with Crippen molar-refractivity contribution in [2.75, 3.05) is 13.1 Å². The molecule has 1 fully saturated rings. The van der Waals surface area contributed by atoms with Crippen molar-refractivity contribution in [3.8, 4) is 0 Å². The number of aliphatic carboxylic acids is 1. The topological polar surface area (TPSA) is 151 Å². The molecule has 10 heteroatoms. The van der Waals surface area contributed by atoms with Crippen LogP contribution in [-0.2, 0) is 25.5 Å². The Morgan fingerprint density at radius 1 is 1.11 bits per heavy atom. The van der Waals surface area contributed by atoms with E-state index in [-0.39, 0.29) is 12.8 Å². The molecule has 1 aliphatic heterocycles. The number of unbranched alkanes of at least 4 members (excludes halogenated alkanes) is 1. The molecule has 0 aliphatic carbocycles. The Kier molecular flexibility index (Phi) is 10.5. The summed E-state index contributed by atoms with van der Waals surface area (Å²) in [6.45, 7) is 6.07. The van der Waals surface area contributed by atoms with Crippen LogP contribution >= 0.6 is 0 Å². The molecule has 5 N–H and O–H groups in total. The Labute approximate surface area is 206 Å². The molecule has 0 saturated carbocycles. The largest absolute Gasteiger partial charge is 0.480 e. The van der Waals surface area contributed by atoms with Gasteiger partial charge in [0.25, 0.3) is 0 Å². The summed E-state index contributed by atoms with van der Waals surface area (Å²) in [6.07, 6.45) is 2.11. The molecule has 1 heterocycles. The van der Waals surface area contributed by atoms with Crippen molar-refractivity contribution in [3.05, 3.63) is 35.9 Å². The number of nitrogens with zero attached hydrogens (tertiary/aromatic N) is 1. The van der Waals surface area contributed by atoms with Crippen LogP contribution in [0.25, 0.3) is 0 Å². The molecule has 10 nitrogen and oxygen atoms in total. The monoisotopic (exact) mass is 490 g/mol. The van der Waals surface area contributed by atoms with E-state index >= 15 is 0 Å². The number of carbonyl (C=O) groups excluding carboxylic acids is 3. The minimum absolute atomic E-state index is 0.173. The lowest BCUT2D eigenvalue weighted by atomic mass is 10.0. The first-order valence-electron chi connectivity index (χ1n) is 12.1. The second-order valence-corrected chi connectivity index (χ2v) is 9.77. The Bertz CT molecular complexity index is 870. The highest BCUT2D eigenvalue weighted by Gasteiger charge is 2.38. The number of hydrogen-bond donors (Lipinski definition) is 4. The van der Waals surface area contributed by atoms with Gasteiger partial charge in [-0.05, 0) is 65.0 Å². The molecule has 3 amide bonds. The molecule has 1 aliphatic rings. The highest BCUT2D eigenvalue weighted by molar-refractivity contribution is 5.93. The molecule has 0 radical (unpaired) electrons. The van der Waals surface area contributed by atoms with E-state index < -0.39 is 47.6 Å². The SMILES string of the molecule is CC(C)(C)OC(=O)N1CCC[C@H]1C(=O)N[C@@H](Cc1ccccc1)C(=O)N[C@@H](CCCCN)C(=O)O. The van der Waals surface area contributed by atoms with E-state index in [1.165, 1.54) is 4.90 Å². The lowest BCUT2D eigenvalue weighted by Crippen LogP contribution is -2.56. The van der Waals surface area contributed by atoms with Gasteiger partial charge >= 0.3 is 12.1 Å². The number of carbonyl (C=O) groups is 4. The van der Waals surface area contributed by atoms with Crippen LogP contribution in [0.15, 0.2) is 30.3 Å². The van der Waals surface area contributed by atoms with Crippen LogP contribution in [0.4, 0.5) is 4.79 Å². The van der Waals surface area contributed by atoms with Crippen molar-refractivity contribution in [1.82, 2.24) is 15.5 Å². The zero-order chi connectivity index (χ0) is 26.0. The van der Waals surface area contributed by atoms with Crippen molar-refractivity contribution in [1.29, 1.82) is 0 Å². The van der Waals surface area contributed by atoms with Gasteiger partial charge in [-0.2, -0.15) is 0 Å². The third kappa shape index (κ3) is 9.20. The quantitative estimate of drug-likeness (QED) is 0.345. The maximum absolute atomic E-state index is 13.2. The Morgan fingerprint density at radius 2 is 1.80 bits per heavy atom. The maximum atomic E-state index is 13.2. The van der Waals surface area contributed by atoms with Gasteiger partial charge in [-0.25, -0.2) is 9.59 Å². The van der Waals surface area contributed by atoms with Crippen LogP contribution in [0.5, 0.6) is 0 Å². The van der Waals surface area contributed by atoms with Gasteiger partial charge in [-0.1, -0.05) is 30.3 Å². The minimum Gasteiger partial charge on any atom is -0.480 e. The normalized spacial score (nSPS) is 17.4. The molecule has 2 rings (SSSR count). The van der Waals surface area contributed by atoms with Gasteiger partial charge in [0, 0.05) is 13.0 Å². The van der Waals surface area contributed by atoms with Crippen LogP contribution in [0, 0.1) is 0 Å². The average molecular weight is 491 g/mol. The molecular weight excluding hydrogens is 452 g/mol. The predicted octanol–water partition coefficient (Wildman–Crippen LogP) is 1.81. The fraction of sp³-hybridized carbons (Fsp3) is 0.600. The van der Waals surface area contributed by atoms with E-state index in [0.29, 0.717) is 38.8 Å². The van der Waals surface area contributed by atoms with Crippen molar-refractivity contribution in [2.45, 2.75) is 83.0 Å². The van der Waals surface area contributed by atoms with Gasteiger partial charge in [0.1, 0.15) is 23.7 Å². The summed E-state index contributed by atoms with van der Waals surface area (Å²) in [5.74, 6) is -2.21. The molecule has 1 aromatic carbocycles. The number of carboxylic acid groups (broad SMARTS) is 1. The second-order valence-electron chi connectivity index (χ2n) is 9.77. The molecule has 35 heavy (non-hydrogen) atoms. The van der Waals surface area contributed by atoms with Gasteiger partial charge in [0.15, 0.2) is 0 Å². The van der Waals surface area contributed by atoms with Gasteiger partial charge in [0.2, 0.25) is 11.8 Å². The van der Waals surface area contributed by atoms with Crippen molar-refractivity contribution >= 4 is 23.9 Å². The van der Waals surface area contributed by atoms with Crippen LogP contribution in [0.3, 0.4) is 0 Å². The molecule has 1 saturated heterocycles. The van der Waals surface area contributed by atoms with Gasteiger partial charge in [0.05, 0.1) is 0 Å². The predicted molar refractivity (Wildman–Crippen MR) is 131 cm³/mol. The van der Waals surface area contributed by atoms with Crippen LogP contribution < -0.4 is 16.4 Å². The van der Waals surface area contributed by atoms with E-state index in [1.807, 2.05) is 30.3 Å². The standard InChI is InChI=1S/C25H38N4O6/c1-25(2,3)35-24(34)29-15-9-13-20(29)22(31)28-19(16-17-10-5-4-6-11-17)21(30)27-18(23(32)33)12-7-8-14-26/h4-6,10-11,18-20H,7-9,12-16,26H2,1-3H3,(H,27,30)(H,28,31)(H,32,33)/t18-,19-,20-/m0/s1. The summed E-state index contributed by atoms with van der Waals surface area (Å²) < 4.78 is 5.43. The van der Waals surface area contributed by atoms with Crippen molar-refractivity contribution < 1.29 is 29.0 Å². The molecule has 0 unspecified atom stereocenters. The zero-order valence-corrected chi connectivity index (χ0v) is 20.8. The lowest BCUT2D eigenvalue weighted by Gasteiger charge is -2.29. The minimum atomic E-state index is -1.15. The fourth-order valence-electron chi connectivity index (χ4n) is 3.93. The first kappa shape index (κ1) is 28.1. The third-order valence-corrected chi connectivity index (χ3v) is 5.66. The lowest BCUT2D eigenvalue weighted by molar-refractivity contribution is -0.142. The van der Waals surface area contributed by atoms with Gasteiger partial charge < -0.3 is 26.2 Å². The van der Waals surface area contributed by atoms with Gasteiger partial charge in [-0.3, -0.25) is 14.5 Å². The van der Waals surface area contributed by atoms with Crippen molar-refractivity contribution in [3.63, 3.8) is 0 Å². The molecule has 0 aromatic heterocycles. The van der Waals surface area contributed by atoms with Gasteiger partial charge in [-0.15, -0.1) is 0 Å². The van der Waals surface area contributed by atoms with E-state index in [1.54, 1.807) is 20.8 Å². The highest BCUT2D eigenvalue weighted by atomic mass is 16.6. The van der Waals surface area contributed by atoms with E-state index in [4.69, 9.17) is 10.5 Å². The van der Waals surface area contributed by atoms with Crippen molar-refractivity contribution in [2.24, 2.45) is 5.73 Å². The molecular formula is C25H38N4O6. The molecule has 0 spiro atoms. The number of likely N-dealkylation sites (tertiary alicyclic amines) is 1. The molecule has 194 valence electrons. The number of benzene rings is 1. The smallest absolute Gasteiger partial charge is 0.410 e. The summed E-state index contributed by atoms with van der Waals surface area (Å²) in [4.78, 5) is 52.0. The van der Waals surface area contributed by atoms with Crippen LogP contribution in [0.1, 0.15) is 58.4 Å². The maximum Gasteiger partial charge on any atom is 0.410 e. The number of carboxylic acids is 1. The fourth-order valence-corrected chi connectivity index (χ4v) is 3.93. The average Bonchev–Trinajstić information content (AvgIpc) is 3.28. The summed E-state index contributed by atoms with van der Waals surface area (Å²) in [5.41, 5.74) is 5.59. The van der Waals surface area contributed by atoms with E-state index in [9.17, 15) is 24.3 Å². The highest BCUT2D eigenvalue weighted by Crippen LogP contribution is 2.21. The van der Waals surface area contributed by atoms with E-state index in [2.05, 4.69) is 10.6 Å². The summed E-state index contributed by atoms with van der Waals surface area (Å²) in [5, 5.41) is 14.9. The number of rotatable bonds is 11. The number of hydrogen-bond acceptors (Lipinski definition) is 6. The number of nitrogens with one attached hydrogen (secondary N) is 2. The third-order valence-electron chi connectivity index (χ3n) is 5.66. The Balaban J connectivity index is 2.15. The second kappa shape index (κ2) is 13.1.